The Labute approximate surface area is 107 Å². The van der Waals surface area contributed by atoms with Gasteiger partial charge in [0.15, 0.2) is 0 Å². The third-order valence-electron chi connectivity index (χ3n) is 3.46. The summed E-state index contributed by atoms with van der Waals surface area (Å²) in [5, 5.41) is 10.1. The Morgan fingerprint density at radius 3 is 2.18 bits per heavy atom. The molecular formula is C14H32N2O. The summed E-state index contributed by atoms with van der Waals surface area (Å²) in [6.07, 6.45) is 2.57. The molecule has 0 heterocycles. The summed E-state index contributed by atoms with van der Waals surface area (Å²) in [6, 6.07) is 0.574. The van der Waals surface area contributed by atoms with Crippen molar-refractivity contribution in [3.8, 4) is 0 Å². The van der Waals surface area contributed by atoms with Gasteiger partial charge in [-0.2, -0.15) is 0 Å². The maximum absolute atomic E-state index is 10.1. The Kier molecular flexibility index (Phi) is 8.01. The van der Waals surface area contributed by atoms with Crippen molar-refractivity contribution < 1.29 is 5.11 Å². The second-order valence-electron chi connectivity index (χ2n) is 5.87. The molecule has 0 aliphatic rings. The Morgan fingerprint density at radius 1 is 1.24 bits per heavy atom. The van der Waals surface area contributed by atoms with Gasteiger partial charge in [-0.15, -0.1) is 0 Å². The van der Waals surface area contributed by atoms with Gasteiger partial charge in [0.2, 0.25) is 0 Å². The largest absolute Gasteiger partial charge is 0.389 e. The normalized spacial score (nSPS) is 15.9. The molecule has 0 aromatic rings. The lowest BCUT2D eigenvalue weighted by molar-refractivity contribution is 0.0301. The first-order valence-electron chi connectivity index (χ1n) is 7.01. The molecule has 1 atom stereocenters. The number of nitrogens with two attached hydrogens (primary N) is 1. The number of nitrogens with zero attached hydrogens (tertiary/aromatic N) is 1. The van der Waals surface area contributed by atoms with Crippen molar-refractivity contribution >= 4 is 0 Å². The van der Waals surface area contributed by atoms with E-state index in [4.69, 9.17) is 5.73 Å². The lowest BCUT2D eigenvalue weighted by atomic mass is 9.94. The highest BCUT2D eigenvalue weighted by atomic mass is 16.3. The highest BCUT2D eigenvalue weighted by Gasteiger charge is 2.22. The highest BCUT2D eigenvalue weighted by molar-refractivity contribution is 4.78. The number of rotatable bonds is 9. The predicted molar refractivity (Wildman–Crippen MR) is 75.1 cm³/mol. The first-order valence-corrected chi connectivity index (χ1v) is 7.01. The molecule has 0 aliphatic carbocycles. The van der Waals surface area contributed by atoms with Crippen LogP contribution in [0.25, 0.3) is 0 Å². The Morgan fingerprint density at radius 2 is 1.82 bits per heavy atom. The van der Waals surface area contributed by atoms with Crippen LogP contribution in [0.5, 0.6) is 0 Å². The van der Waals surface area contributed by atoms with Crippen molar-refractivity contribution in [1.82, 2.24) is 4.90 Å². The van der Waals surface area contributed by atoms with E-state index in [9.17, 15) is 5.11 Å². The van der Waals surface area contributed by atoms with Crippen LogP contribution < -0.4 is 5.73 Å². The average molecular weight is 244 g/mol. The molecule has 0 spiro atoms. The SMILES string of the molecule is CCC(O)(CN)CCCN(CC(C)C)C(C)C. The van der Waals surface area contributed by atoms with Crippen molar-refractivity contribution in [1.29, 1.82) is 0 Å². The summed E-state index contributed by atoms with van der Waals surface area (Å²) in [7, 11) is 0. The summed E-state index contributed by atoms with van der Waals surface area (Å²) in [4.78, 5) is 2.48. The monoisotopic (exact) mass is 244 g/mol. The second kappa shape index (κ2) is 8.06. The number of aliphatic hydroxyl groups is 1. The molecule has 0 fully saturated rings. The molecule has 3 N–H and O–H groups in total. The quantitative estimate of drug-likeness (QED) is 0.654. The van der Waals surface area contributed by atoms with Crippen molar-refractivity contribution in [2.45, 2.75) is 65.5 Å². The van der Waals surface area contributed by atoms with Crippen molar-refractivity contribution in [3.63, 3.8) is 0 Å². The lowest BCUT2D eigenvalue weighted by Gasteiger charge is -2.30. The summed E-state index contributed by atoms with van der Waals surface area (Å²) in [6.45, 7) is 13.5. The summed E-state index contributed by atoms with van der Waals surface area (Å²) < 4.78 is 0. The zero-order chi connectivity index (χ0) is 13.5. The van der Waals surface area contributed by atoms with E-state index in [1.165, 1.54) is 0 Å². The highest BCUT2D eigenvalue weighted by Crippen LogP contribution is 2.16. The van der Waals surface area contributed by atoms with Crippen LogP contribution in [0, 0.1) is 5.92 Å². The Bertz CT molecular complexity index is 189. The zero-order valence-corrected chi connectivity index (χ0v) is 12.4. The molecular weight excluding hydrogens is 212 g/mol. The van der Waals surface area contributed by atoms with E-state index in [2.05, 4.69) is 32.6 Å². The van der Waals surface area contributed by atoms with Gasteiger partial charge in [0.25, 0.3) is 0 Å². The molecule has 0 rings (SSSR count). The molecule has 0 aliphatic heterocycles. The zero-order valence-electron chi connectivity index (χ0n) is 12.4. The molecule has 0 saturated carbocycles. The van der Waals surface area contributed by atoms with Crippen LogP contribution in [-0.2, 0) is 0 Å². The van der Waals surface area contributed by atoms with Crippen molar-refractivity contribution in [2.75, 3.05) is 19.6 Å². The van der Waals surface area contributed by atoms with E-state index in [1.54, 1.807) is 0 Å². The molecule has 0 radical (unpaired) electrons. The molecule has 0 aromatic carbocycles. The lowest BCUT2D eigenvalue weighted by Crippen LogP contribution is -2.39. The van der Waals surface area contributed by atoms with Gasteiger partial charge in [-0.25, -0.2) is 0 Å². The van der Waals surface area contributed by atoms with E-state index in [0.29, 0.717) is 18.5 Å². The van der Waals surface area contributed by atoms with Crippen LogP contribution in [0.2, 0.25) is 0 Å². The molecule has 0 saturated heterocycles. The number of hydrogen-bond donors (Lipinski definition) is 2. The molecule has 3 heteroatoms. The summed E-state index contributed by atoms with van der Waals surface area (Å²) >= 11 is 0. The smallest absolute Gasteiger partial charge is 0.0767 e. The standard InChI is InChI=1S/C14H32N2O/c1-6-14(17,11-15)8-7-9-16(13(4)5)10-12(2)3/h12-13,17H,6-11,15H2,1-5H3. The average Bonchev–Trinajstić information content (AvgIpc) is 2.26. The van der Waals surface area contributed by atoms with E-state index in [0.717, 1.165) is 32.4 Å². The van der Waals surface area contributed by atoms with Crippen LogP contribution in [-0.4, -0.2) is 41.3 Å². The molecule has 104 valence electrons. The summed E-state index contributed by atoms with van der Waals surface area (Å²) in [5.41, 5.74) is 4.96. The van der Waals surface area contributed by atoms with E-state index in [-0.39, 0.29) is 0 Å². The van der Waals surface area contributed by atoms with Gasteiger partial charge in [0, 0.05) is 19.1 Å². The summed E-state index contributed by atoms with van der Waals surface area (Å²) in [5.74, 6) is 0.692. The van der Waals surface area contributed by atoms with Crippen LogP contribution in [0.3, 0.4) is 0 Å². The van der Waals surface area contributed by atoms with E-state index in [1.807, 2.05) is 6.92 Å². The van der Waals surface area contributed by atoms with Gasteiger partial charge < -0.3 is 15.7 Å². The molecule has 0 bridgehead atoms. The van der Waals surface area contributed by atoms with E-state index < -0.39 is 5.60 Å². The molecule has 3 nitrogen and oxygen atoms in total. The first-order chi connectivity index (χ1) is 7.84. The molecule has 1 unspecified atom stereocenters. The fourth-order valence-electron chi connectivity index (χ4n) is 2.06. The Hall–Kier alpha value is -0.120. The molecule has 0 aromatic heterocycles. The number of hydrogen-bond acceptors (Lipinski definition) is 3. The first kappa shape index (κ1) is 16.9. The minimum atomic E-state index is -0.652. The van der Waals surface area contributed by atoms with Crippen LogP contribution in [0.15, 0.2) is 0 Å². The third-order valence-corrected chi connectivity index (χ3v) is 3.46. The topological polar surface area (TPSA) is 49.5 Å². The van der Waals surface area contributed by atoms with E-state index >= 15 is 0 Å². The fraction of sp³-hybridized carbons (Fsp3) is 1.00. The minimum Gasteiger partial charge on any atom is -0.389 e. The maximum atomic E-state index is 10.1. The van der Waals surface area contributed by atoms with Crippen molar-refractivity contribution in [3.05, 3.63) is 0 Å². The molecule has 17 heavy (non-hydrogen) atoms. The Balaban J connectivity index is 4.05. The van der Waals surface area contributed by atoms with Gasteiger partial charge >= 0.3 is 0 Å². The van der Waals surface area contributed by atoms with Gasteiger partial charge in [-0.05, 0) is 45.6 Å². The van der Waals surface area contributed by atoms with Gasteiger partial charge in [0.05, 0.1) is 5.60 Å². The van der Waals surface area contributed by atoms with Gasteiger partial charge in [-0.3, -0.25) is 0 Å². The maximum Gasteiger partial charge on any atom is 0.0767 e. The van der Waals surface area contributed by atoms with Crippen LogP contribution >= 0.6 is 0 Å². The van der Waals surface area contributed by atoms with Crippen LogP contribution in [0.4, 0.5) is 0 Å². The fourth-order valence-corrected chi connectivity index (χ4v) is 2.06. The van der Waals surface area contributed by atoms with Crippen LogP contribution in [0.1, 0.15) is 53.9 Å². The third kappa shape index (κ3) is 7.02. The predicted octanol–water partition coefficient (Wildman–Crippen LogP) is 2.23. The second-order valence-corrected chi connectivity index (χ2v) is 5.87. The van der Waals surface area contributed by atoms with Crippen molar-refractivity contribution in [2.24, 2.45) is 11.7 Å². The minimum absolute atomic E-state index is 0.370. The van der Waals surface area contributed by atoms with Gasteiger partial charge in [0.1, 0.15) is 0 Å². The van der Waals surface area contributed by atoms with Gasteiger partial charge in [-0.1, -0.05) is 20.8 Å². The molecule has 0 amide bonds.